The fraction of sp³-hybridized carbons (Fsp3) is 0.300. The van der Waals surface area contributed by atoms with E-state index in [-0.39, 0.29) is 11.8 Å². The second kappa shape index (κ2) is 6.83. The predicted molar refractivity (Wildman–Crippen MR) is 101 cm³/mol. The lowest BCUT2D eigenvalue weighted by molar-refractivity contribution is -0.117. The number of nitrogens with one attached hydrogen (secondary N) is 1. The molecule has 0 aliphatic heterocycles. The van der Waals surface area contributed by atoms with Crippen LogP contribution in [0.2, 0.25) is 0 Å². The van der Waals surface area contributed by atoms with E-state index in [0.717, 1.165) is 29.9 Å². The van der Waals surface area contributed by atoms with Crippen LogP contribution in [0.25, 0.3) is 5.82 Å². The Hall–Kier alpha value is -3.22. The summed E-state index contributed by atoms with van der Waals surface area (Å²) < 4.78 is 7.80. The van der Waals surface area contributed by atoms with Gasteiger partial charge in [0, 0.05) is 23.4 Å². The molecule has 138 valence electrons. The van der Waals surface area contributed by atoms with Crippen molar-refractivity contribution < 1.29 is 9.53 Å². The average Bonchev–Trinajstić information content (AvgIpc) is 3.43. The molecular weight excluding hydrogens is 342 g/mol. The number of aromatic nitrogens is 4. The van der Waals surface area contributed by atoms with E-state index in [1.54, 1.807) is 12.4 Å². The van der Waals surface area contributed by atoms with Crippen molar-refractivity contribution in [3.63, 3.8) is 0 Å². The third-order valence-corrected chi connectivity index (χ3v) is 4.59. The zero-order valence-corrected chi connectivity index (χ0v) is 15.6. The normalized spacial score (nSPS) is 13.4. The SMILES string of the molecule is Cc1nc(Oc2ccc(NC(=O)C3CC3)cc2)cc(-n2cnc(C)c2C)n1. The molecule has 7 nitrogen and oxygen atoms in total. The van der Waals surface area contributed by atoms with Crippen LogP contribution < -0.4 is 10.1 Å². The van der Waals surface area contributed by atoms with Gasteiger partial charge >= 0.3 is 0 Å². The number of aryl methyl sites for hydroxylation is 2. The first-order valence-corrected chi connectivity index (χ1v) is 8.95. The molecule has 0 unspecified atom stereocenters. The molecule has 2 heterocycles. The molecular formula is C20H21N5O2. The second-order valence-corrected chi connectivity index (χ2v) is 6.79. The summed E-state index contributed by atoms with van der Waals surface area (Å²) in [5.41, 5.74) is 2.75. The highest BCUT2D eigenvalue weighted by molar-refractivity contribution is 5.94. The Balaban J connectivity index is 1.52. The number of hydrogen-bond acceptors (Lipinski definition) is 5. The fourth-order valence-corrected chi connectivity index (χ4v) is 2.75. The molecule has 1 N–H and O–H groups in total. The molecule has 0 atom stereocenters. The lowest BCUT2D eigenvalue weighted by atomic mass is 10.3. The maximum atomic E-state index is 11.8. The summed E-state index contributed by atoms with van der Waals surface area (Å²) in [5.74, 6) is 2.69. The van der Waals surface area contributed by atoms with E-state index < -0.39 is 0 Å². The highest BCUT2D eigenvalue weighted by Crippen LogP contribution is 2.30. The van der Waals surface area contributed by atoms with Gasteiger partial charge in [0.2, 0.25) is 11.8 Å². The Bertz CT molecular complexity index is 990. The number of rotatable bonds is 5. The first kappa shape index (κ1) is 17.2. The van der Waals surface area contributed by atoms with Crippen molar-refractivity contribution in [1.29, 1.82) is 0 Å². The number of amides is 1. The van der Waals surface area contributed by atoms with Crippen molar-refractivity contribution in [2.75, 3.05) is 5.32 Å². The van der Waals surface area contributed by atoms with E-state index in [2.05, 4.69) is 20.3 Å². The molecule has 2 aromatic heterocycles. The molecule has 1 aromatic carbocycles. The first-order valence-electron chi connectivity index (χ1n) is 8.95. The number of ether oxygens (including phenoxy) is 1. The van der Waals surface area contributed by atoms with Crippen molar-refractivity contribution in [3.8, 4) is 17.4 Å². The van der Waals surface area contributed by atoms with Gasteiger partial charge in [-0.2, -0.15) is 4.98 Å². The minimum Gasteiger partial charge on any atom is -0.439 e. The van der Waals surface area contributed by atoms with E-state index in [9.17, 15) is 4.79 Å². The second-order valence-electron chi connectivity index (χ2n) is 6.79. The third kappa shape index (κ3) is 3.81. The van der Waals surface area contributed by atoms with Crippen LogP contribution in [-0.4, -0.2) is 25.4 Å². The summed E-state index contributed by atoms with van der Waals surface area (Å²) in [5, 5.41) is 2.91. The van der Waals surface area contributed by atoms with E-state index in [1.807, 2.05) is 49.6 Å². The van der Waals surface area contributed by atoms with Gasteiger partial charge in [-0.1, -0.05) is 0 Å². The minimum absolute atomic E-state index is 0.0886. The van der Waals surface area contributed by atoms with Gasteiger partial charge in [-0.05, 0) is 57.9 Å². The minimum atomic E-state index is 0.0886. The molecule has 3 aromatic rings. The van der Waals surface area contributed by atoms with Crippen molar-refractivity contribution in [1.82, 2.24) is 19.5 Å². The van der Waals surface area contributed by atoms with Crippen LogP contribution >= 0.6 is 0 Å². The smallest absolute Gasteiger partial charge is 0.227 e. The monoisotopic (exact) mass is 363 g/mol. The van der Waals surface area contributed by atoms with Crippen LogP contribution in [0.4, 0.5) is 5.69 Å². The Morgan fingerprint density at radius 3 is 2.52 bits per heavy atom. The van der Waals surface area contributed by atoms with Gasteiger partial charge in [-0.15, -0.1) is 0 Å². The summed E-state index contributed by atoms with van der Waals surface area (Å²) in [4.78, 5) is 25.0. The number of nitrogens with zero attached hydrogens (tertiary/aromatic N) is 4. The number of carbonyl (C=O) groups is 1. The molecule has 0 spiro atoms. The van der Waals surface area contributed by atoms with Crippen LogP contribution in [0.1, 0.15) is 30.1 Å². The highest BCUT2D eigenvalue weighted by atomic mass is 16.5. The summed E-state index contributed by atoms with van der Waals surface area (Å²) in [6, 6.07) is 9.06. The van der Waals surface area contributed by atoms with Crippen LogP contribution in [-0.2, 0) is 4.79 Å². The summed E-state index contributed by atoms with van der Waals surface area (Å²) >= 11 is 0. The van der Waals surface area contributed by atoms with E-state index in [0.29, 0.717) is 23.3 Å². The Labute approximate surface area is 157 Å². The summed E-state index contributed by atoms with van der Waals surface area (Å²) in [7, 11) is 0. The molecule has 4 rings (SSSR count). The molecule has 7 heteroatoms. The van der Waals surface area contributed by atoms with Crippen molar-refractivity contribution >= 4 is 11.6 Å². The number of hydrogen-bond donors (Lipinski definition) is 1. The van der Waals surface area contributed by atoms with Crippen LogP contribution in [0.15, 0.2) is 36.7 Å². The fourth-order valence-electron chi connectivity index (χ4n) is 2.75. The quantitative estimate of drug-likeness (QED) is 0.747. The number of benzene rings is 1. The zero-order chi connectivity index (χ0) is 19.0. The highest BCUT2D eigenvalue weighted by Gasteiger charge is 2.29. The van der Waals surface area contributed by atoms with Crippen LogP contribution in [0, 0.1) is 26.7 Å². The maximum absolute atomic E-state index is 11.8. The first-order chi connectivity index (χ1) is 13.0. The summed E-state index contributed by atoms with van der Waals surface area (Å²) in [6.45, 7) is 5.78. The number of carbonyl (C=O) groups excluding carboxylic acids is 1. The Kier molecular flexibility index (Phi) is 4.35. The molecule has 1 amide bonds. The maximum Gasteiger partial charge on any atom is 0.227 e. The van der Waals surface area contributed by atoms with Gasteiger partial charge in [0.15, 0.2) is 0 Å². The largest absolute Gasteiger partial charge is 0.439 e. The number of anilines is 1. The molecule has 0 saturated heterocycles. The van der Waals surface area contributed by atoms with Gasteiger partial charge in [0.25, 0.3) is 0 Å². The third-order valence-electron chi connectivity index (χ3n) is 4.59. The Morgan fingerprint density at radius 2 is 1.89 bits per heavy atom. The predicted octanol–water partition coefficient (Wildman–Crippen LogP) is 3.73. The standard InChI is InChI=1S/C20H21N5O2/c1-12-13(2)25(11-21-12)18-10-19(23-14(3)22-18)27-17-8-6-16(7-9-17)24-20(26)15-4-5-15/h6-11,15H,4-5H2,1-3H3,(H,24,26). The van der Waals surface area contributed by atoms with Crippen LogP contribution in [0.3, 0.4) is 0 Å². The van der Waals surface area contributed by atoms with Crippen molar-refractivity contribution in [2.24, 2.45) is 5.92 Å². The average molecular weight is 363 g/mol. The topological polar surface area (TPSA) is 81.9 Å². The van der Waals surface area contributed by atoms with Gasteiger partial charge in [-0.3, -0.25) is 9.36 Å². The summed E-state index contributed by atoms with van der Waals surface area (Å²) in [6.07, 6.45) is 3.71. The van der Waals surface area contributed by atoms with Crippen LogP contribution in [0.5, 0.6) is 11.6 Å². The van der Waals surface area contributed by atoms with Crippen molar-refractivity contribution in [2.45, 2.75) is 33.6 Å². The van der Waals surface area contributed by atoms with Gasteiger partial charge in [0.1, 0.15) is 23.7 Å². The molecule has 1 fully saturated rings. The Morgan fingerprint density at radius 1 is 1.15 bits per heavy atom. The molecule has 0 radical (unpaired) electrons. The van der Waals surface area contributed by atoms with Gasteiger partial charge < -0.3 is 10.1 Å². The lowest BCUT2D eigenvalue weighted by Crippen LogP contribution is -2.12. The molecule has 1 saturated carbocycles. The van der Waals surface area contributed by atoms with Gasteiger partial charge in [-0.25, -0.2) is 9.97 Å². The molecule has 1 aliphatic rings. The van der Waals surface area contributed by atoms with E-state index >= 15 is 0 Å². The zero-order valence-electron chi connectivity index (χ0n) is 15.6. The molecule has 1 aliphatic carbocycles. The lowest BCUT2D eigenvalue weighted by Gasteiger charge is -2.10. The van der Waals surface area contributed by atoms with E-state index in [1.165, 1.54) is 0 Å². The van der Waals surface area contributed by atoms with Crippen molar-refractivity contribution in [3.05, 3.63) is 53.9 Å². The molecule has 0 bridgehead atoms. The van der Waals surface area contributed by atoms with E-state index in [4.69, 9.17) is 4.74 Å². The molecule has 27 heavy (non-hydrogen) atoms. The van der Waals surface area contributed by atoms with Gasteiger partial charge in [0.05, 0.1) is 5.69 Å². The number of imidazole rings is 1.